The number of carbonyl (C=O) groups excluding carboxylic acids is 1. The Morgan fingerprint density at radius 2 is 2.04 bits per heavy atom. The molecule has 0 saturated carbocycles. The molecule has 0 aliphatic heterocycles. The maximum absolute atomic E-state index is 12.6. The van der Waals surface area contributed by atoms with Gasteiger partial charge in [0.2, 0.25) is 0 Å². The van der Waals surface area contributed by atoms with Crippen LogP contribution in [0.4, 0.5) is 0 Å². The zero-order valence-corrected chi connectivity index (χ0v) is 17.4. The molecule has 0 radical (unpaired) electrons. The standard InChI is InChI=1S/C21H22BrN3O3/c1-3-19(15-7-9-18(10-8-15)28-12-11-27-2)25-21(26)16(14-23)13-17-5-4-6-20(22)24-17/h4-10,13,19H,3,11-12H2,1-2H3,(H,25,26). The molecule has 146 valence electrons. The highest BCUT2D eigenvalue weighted by Gasteiger charge is 2.16. The number of nitrogens with zero attached hydrogens (tertiary/aromatic N) is 2. The van der Waals surface area contributed by atoms with Crippen LogP contribution in [0.2, 0.25) is 0 Å². The average molecular weight is 444 g/mol. The van der Waals surface area contributed by atoms with E-state index in [4.69, 9.17) is 9.47 Å². The summed E-state index contributed by atoms with van der Waals surface area (Å²) in [7, 11) is 1.62. The number of hydrogen-bond acceptors (Lipinski definition) is 5. The highest BCUT2D eigenvalue weighted by Crippen LogP contribution is 2.21. The summed E-state index contributed by atoms with van der Waals surface area (Å²) in [5.41, 5.74) is 1.48. The van der Waals surface area contributed by atoms with Crippen LogP contribution in [0.15, 0.2) is 52.6 Å². The zero-order valence-electron chi connectivity index (χ0n) is 15.8. The summed E-state index contributed by atoms with van der Waals surface area (Å²) in [4.78, 5) is 16.8. The van der Waals surface area contributed by atoms with E-state index in [1.165, 1.54) is 6.08 Å². The molecule has 0 aliphatic rings. The Morgan fingerprint density at radius 1 is 1.29 bits per heavy atom. The van der Waals surface area contributed by atoms with Crippen molar-refractivity contribution in [1.29, 1.82) is 5.26 Å². The van der Waals surface area contributed by atoms with Crippen molar-refractivity contribution >= 4 is 27.9 Å². The largest absolute Gasteiger partial charge is 0.491 e. The molecule has 0 aliphatic carbocycles. The number of halogens is 1. The molecule has 1 atom stereocenters. The van der Waals surface area contributed by atoms with Crippen LogP contribution in [0.1, 0.15) is 30.6 Å². The van der Waals surface area contributed by atoms with Crippen LogP contribution in [-0.4, -0.2) is 31.2 Å². The topological polar surface area (TPSA) is 84.2 Å². The molecule has 1 unspecified atom stereocenters. The lowest BCUT2D eigenvalue weighted by atomic mass is 10.0. The molecule has 2 rings (SSSR count). The van der Waals surface area contributed by atoms with E-state index in [0.717, 1.165) is 11.3 Å². The van der Waals surface area contributed by atoms with Crippen LogP contribution < -0.4 is 10.1 Å². The average Bonchev–Trinajstić information content (AvgIpc) is 2.71. The van der Waals surface area contributed by atoms with Gasteiger partial charge in [-0.1, -0.05) is 25.1 Å². The minimum atomic E-state index is -0.434. The van der Waals surface area contributed by atoms with E-state index in [-0.39, 0.29) is 11.6 Å². The quantitative estimate of drug-likeness (QED) is 0.273. The number of rotatable bonds is 9. The van der Waals surface area contributed by atoms with E-state index < -0.39 is 5.91 Å². The first-order valence-corrected chi connectivity index (χ1v) is 9.63. The van der Waals surface area contributed by atoms with E-state index in [0.29, 0.717) is 29.9 Å². The van der Waals surface area contributed by atoms with E-state index in [1.54, 1.807) is 25.3 Å². The summed E-state index contributed by atoms with van der Waals surface area (Å²) in [6.45, 7) is 2.97. The van der Waals surface area contributed by atoms with Gasteiger partial charge in [0.1, 0.15) is 28.6 Å². The van der Waals surface area contributed by atoms with Crippen molar-refractivity contribution in [1.82, 2.24) is 10.3 Å². The van der Waals surface area contributed by atoms with Gasteiger partial charge >= 0.3 is 0 Å². The van der Waals surface area contributed by atoms with Gasteiger partial charge in [0.05, 0.1) is 18.3 Å². The number of hydrogen-bond donors (Lipinski definition) is 1. The summed E-state index contributed by atoms with van der Waals surface area (Å²) in [5.74, 6) is 0.303. The maximum Gasteiger partial charge on any atom is 0.262 e. The third kappa shape index (κ3) is 6.48. The molecule has 1 aromatic heterocycles. The van der Waals surface area contributed by atoms with Crippen LogP contribution in [0.3, 0.4) is 0 Å². The molecule has 0 bridgehead atoms. The van der Waals surface area contributed by atoms with Crippen molar-refractivity contribution < 1.29 is 14.3 Å². The first kappa shape index (κ1) is 21.6. The molecule has 0 saturated heterocycles. The number of amides is 1. The minimum absolute atomic E-state index is 0.00330. The number of methoxy groups -OCH3 is 1. The molecule has 1 N–H and O–H groups in total. The van der Waals surface area contributed by atoms with Gasteiger partial charge in [-0.05, 0) is 58.3 Å². The predicted molar refractivity (Wildman–Crippen MR) is 111 cm³/mol. The van der Waals surface area contributed by atoms with Gasteiger partial charge in [-0.25, -0.2) is 4.98 Å². The Labute approximate surface area is 173 Å². The maximum atomic E-state index is 12.6. The van der Waals surface area contributed by atoms with Crippen molar-refractivity contribution in [3.63, 3.8) is 0 Å². The van der Waals surface area contributed by atoms with Gasteiger partial charge in [-0.2, -0.15) is 5.26 Å². The second-order valence-corrected chi connectivity index (χ2v) is 6.71. The van der Waals surface area contributed by atoms with Crippen LogP contribution in [0, 0.1) is 11.3 Å². The number of aromatic nitrogens is 1. The van der Waals surface area contributed by atoms with E-state index in [1.807, 2.05) is 37.3 Å². The van der Waals surface area contributed by atoms with Crippen LogP contribution >= 0.6 is 15.9 Å². The van der Waals surface area contributed by atoms with Crippen molar-refractivity contribution in [3.05, 3.63) is 63.9 Å². The molecule has 6 nitrogen and oxygen atoms in total. The third-order valence-electron chi connectivity index (χ3n) is 3.95. The van der Waals surface area contributed by atoms with Gasteiger partial charge in [0.25, 0.3) is 5.91 Å². The summed E-state index contributed by atoms with van der Waals surface area (Å²) >= 11 is 3.28. The Hall–Kier alpha value is -2.69. The second kappa shape index (κ2) is 11.2. The number of ether oxygens (including phenoxy) is 2. The minimum Gasteiger partial charge on any atom is -0.491 e. The Balaban J connectivity index is 2.08. The van der Waals surface area contributed by atoms with Gasteiger partial charge < -0.3 is 14.8 Å². The molecule has 0 spiro atoms. The van der Waals surface area contributed by atoms with Crippen LogP contribution in [0.25, 0.3) is 6.08 Å². The molecule has 2 aromatic rings. The summed E-state index contributed by atoms with van der Waals surface area (Å²) in [6.07, 6.45) is 2.16. The van der Waals surface area contributed by atoms with Crippen LogP contribution in [-0.2, 0) is 9.53 Å². The van der Waals surface area contributed by atoms with Gasteiger partial charge in [-0.15, -0.1) is 0 Å². The number of pyridine rings is 1. The molecular weight excluding hydrogens is 422 g/mol. The fraction of sp³-hybridized carbons (Fsp3) is 0.286. The van der Waals surface area contributed by atoms with E-state index in [9.17, 15) is 10.1 Å². The van der Waals surface area contributed by atoms with Gasteiger partial charge in [-0.3, -0.25) is 4.79 Å². The van der Waals surface area contributed by atoms with Gasteiger partial charge in [0.15, 0.2) is 0 Å². The fourth-order valence-corrected chi connectivity index (χ4v) is 2.85. The Bertz CT molecular complexity index is 860. The molecule has 28 heavy (non-hydrogen) atoms. The first-order chi connectivity index (χ1) is 13.6. The lowest BCUT2D eigenvalue weighted by Gasteiger charge is -2.17. The monoisotopic (exact) mass is 443 g/mol. The van der Waals surface area contributed by atoms with E-state index in [2.05, 4.69) is 26.2 Å². The van der Waals surface area contributed by atoms with Gasteiger partial charge in [0, 0.05) is 7.11 Å². The number of benzene rings is 1. The highest BCUT2D eigenvalue weighted by molar-refractivity contribution is 9.10. The number of carbonyl (C=O) groups is 1. The highest BCUT2D eigenvalue weighted by atomic mass is 79.9. The van der Waals surface area contributed by atoms with Crippen molar-refractivity contribution in [2.75, 3.05) is 20.3 Å². The van der Waals surface area contributed by atoms with Crippen molar-refractivity contribution in [2.24, 2.45) is 0 Å². The normalized spacial score (nSPS) is 12.1. The van der Waals surface area contributed by atoms with Crippen molar-refractivity contribution in [2.45, 2.75) is 19.4 Å². The molecule has 7 heteroatoms. The SMILES string of the molecule is CCC(NC(=O)C(C#N)=Cc1cccc(Br)n1)c1ccc(OCCOC)cc1. The molecule has 1 amide bonds. The fourth-order valence-electron chi connectivity index (χ4n) is 2.50. The second-order valence-electron chi connectivity index (χ2n) is 5.90. The lowest BCUT2D eigenvalue weighted by molar-refractivity contribution is -0.117. The Morgan fingerprint density at radius 3 is 2.64 bits per heavy atom. The zero-order chi connectivity index (χ0) is 20.4. The van der Waals surface area contributed by atoms with E-state index >= 15 is 0 Å². The summed E-state index contributed by atoms with van der Waals surface area (Å²) in [6, 6.07) is 14.6. The predicted octanol–water partition coefficient (Wildman–Crippen LogP) is 4.04. The number of nitriles is 1. The molecule has 1 heterocycles. The summed E-state index contributed by atoms with van der Waals surface area (Å²) in [5, 5.41) is 12.3. The molecular formula is C21H22BrN3O3. The first-order valence-electron chi connectivity index (χ1n) is 8.84. The molecule has 0 fully saturated rings. The van der Waals surface area contributed by atoms with Crippen LogP contribution in [0.5, 0.6) is 5.75 Å². The smallest absolute Gasteiger partial charge is 0.262 e. The third-order valence-corrected chi connectivity index (χ3v) is 4.39. The lowest BCUT2D eigenvalue weighted by Crippen LogP contribution is -2.29. The Kier molecular flexibility index (Phi) is 8.66. The number of nitrogens with one attached hydrogen (secondary N) is 1. The summed E-state index contributed by atoms with van der Waals surface area (Å²) < 4.78 is 11.1. The molecule has 1 aromatic carbocycles. The van der Waals surface area contributed by atoms with Crippen molar-refractivity contribution in [3.8, 4) is 11.8 Å².